The Morgan fingerprint density at radius 3 is 2.44 bits per heavy atom. The van der Waals surface area contributed by atoms with E-state index in [1.165, 1.54) is 10.8 Å². The third kappa shape index (κ3) is 2.56. The minimum Gasteiger partial charge on any atom is -0.298 e. The Labute approximate surface area is 156 Å². The highest BCUT2D eigenvalue weighted by molar-refractivity contribution is 5.95. The Kier molecular flexibility index (Phi) is 3.48. The van der Waals surface area contributed by atoms with E-state index in [2.05, 4.69) is 58.1 Å². The topological polar surface area (TPSA) is 41.6 Å². The first-order chi connectivity index (χ1) is 13.3. The molecule has 0 fully saturated rings. The third-order valence-electron chi connectivity index (χ3n) is 4.92. The van der Waals surface area contributed by atoms with Crippen molar-refractivity contribution < 1.29 is 0 Å². The Balaban J connectivity index is 1.66. The number of benzene rings is 4. The van der Waals surface area contributed by atoms with E-state index < -0.39 is 0 Å². The molecular formula is C24H15N3. The van der Waals surface area contributed by atoms with Crippen LogP contribution in [0.3, 0.4) is 0 Å². The van der Waals surface area contributed by atoms with E-state index in [9.17, 15) is 0 Å². The number of nitriles is 1. The van der Waals surface area contributed by atoms with E-state index in [-0.39, 0.29) is 0 Å². The van der Waals surface area contributed by atoms with Gasteiger partial charge in [-0.3, -0.25) is 4.57 Å². The molecule has 5 rings (SSSR count). The van der Waals surface area contributed by atoms with E-state index >= 15 is 0 Å². The SMILES string of the molecule is N#Cc1ccc(-c2ccc3c(-n4cnc5ccccc54)cccc3c2)cc1. The van der Waals surface area contributed by atoms with Gasteiger partial charge in [-0.25, -0.2) is 4.98 Å². The van der Waals surface area contributed by atoms with Gasteiger partial charge in [-0.1, -0.05) is 48.5 Å². The van der Waals surface area contributed by atoms with Gasteiger partial charge in [0.2, 0.25) is 0 Å². The lowest BCUT2D eigenvalue weighted by Crippen LogP contribution is -1.93. The fourth-order valence-corrected chi connectivity index (χ4v) is 3.54. The molecule has 0 bridgehead atoms. The number of hydrogen-bond donors (Lipinski definition) is 0. The highest BCUT2D eigenvalue weighted by atomic mass is 15.0. The Hall–Kier alpha value is -3.90. The van der Waals surface area contributed by atoms with E-state index in [1.807, 2.05) is 48.8 Å². The second-order valence-corrected chi connectivity index (χ2v) is 6.51. The van der Waals surface area contributed by atoms with E-state index in [0.29, 0.717) is 5.56 Å². The number of para-hydroxylation sites is 2. The summed E-state index contributed by atoms with van der Waals surface area (Å²) in [5.74, 6) is 0. The van der Waals surface area contributed by atoms with E-state index in [4.69, 9.17) is 5.26 Å². The largest absolute Gasteiger partial charge is 0.298 e. The first-order valence-electron chi connectivity index (χ1n) is 8.79. The summed E-state index contributed by atoms with van der Waals surface area (Å²) in [4.78, 5) is 4.52. The number of fused-ring (bicyclic) bond motifs is 2. The van der Waals surface area contributed by atoms with E-state index in [1.54, 1.807) is 0 Å². The van der Waals surface area contributed by atoms with Gasteiger partial charge in [-0.15, -0.1) is 0 Å². The number of aromatic nitrogens is 2. The molecular weight excluding hydrogens is 330 g/mol. The summed E-state index contributed by atoms with van der Waals surface area (Å²) in [6.45, 7) is 0. The molecule has 0 radical (unpaired) electrons. The van der Waals surface area contributed by atoms with Crippen LogP contribution in [0.15, 0.2) is 91.3 Å². The van der Waals surface area contributed by atoms with Crippen molar-refractivity contribution in [1.82, 2.24) is 9.55 Å². The van der Waals surface area contributed by atoms with Gasteiger partial charge in [0.05, 0.1) is 28.4 Å². The van der Waals surface area contributed by atoms with Crippen molar-refractivity contribution in [1.29, 1.82) is 5.26 Å². The molecule has 0 unspecified atom stereocenters. The van der Waals surface area contributed by atoms with Gasteiger partial charge in [-0.2, -0.15) is 5.26 Å². The highest BCUT2D eigenvalue weighted by Crippen LogP contribution is 2.29. The Morgan fingerprint density at radius 1 is 0.778 bits per heavy atom. The molecule has 126 valence electrons. The highest BCUT2D eigenvalue weighted by Gasteiger charge is 2.08. The van der Waals surface area contributed by atoms with E-state index in [0.717, 1.165) is 27.8 Å². The molecule has 0 aliphatic heterocycles. The van der Waals surface area contributed by atoms with Crippen molar-refractivity contribution in [2.45, 2.75) is 0 Å². The standard InChI is InChI=1S/C24H15N3/c25-15-17-8-10-18(11-9-17)19-12-13-21-20(14-19)4-3-7-23(21)27-16-26-22-5-1-2-6-24(22)27/h1-14,16H. The van der Waals surface area contributed by atoms with Crippen LogP contribution >= 0.6 is 0 Å². The molecule has 0 aliphatic rings. The molecule has 0 N–H and O–H groups in total. The summed E-state index contributed by atoms with van der Waals surface area (Å²) in [7, 11) is 0. The molecule has 0 saturated carbocycles. The average molecular weight is 345 g/mol. The summed E-state index contributed by atoms with van der Waals surface area (Å²) in [6, 6.07) is 30.8. The van der Waals surface area contributed by atoms with Crippen LogP contribution in [0.5, 0.6) is 0 Å². The fraction of sp³-hybridized carbons (Fsp3) is 0. The van der Waals surface area contributed by atoms with Crippen molar-refractivity contribution in [2.75, 3.05) is 0 Å². The monoisotopic (exact) mass is 345 g/mol. The maximum atomic E-state index is 8.98. The minimum absolute atomic E-state index is 0.675. The van der Waals surface area contributed by atoms with Crippen LogP contribution < -0.4 is 0 Å². The molecule has 0 atom stereocenters. The molecule has 1 aromatic heterocycles. The molecule has 27 heavy (non-hydrogen) atoms. The molecule has 0 aliphatic carbocycles. The molecule has 0 spiro atoms. The summed E-state index contributed by atoms with van der Waals surface area (Å²) in [6.07, 6.45) is 1.88. The lowest BCUT2D eigenvalue weighted by molar-refractivity contribution is 1.11. The maximum absolute atomic E-state index is 8.98. The molecule has 1 heterocycles. The van der Waals surface area contributed by atoms with Crippen molar-refractivity contribution in [3.63, 3.8) is 0 Å². The van der Waals surface area contributed by atoms with Crippen LogP contribution in [-0.4, -0.2) is 9.55 Å². The van der Waals surface area contributed by atoms with Gasteiger partial charge in [0.15, 0.2) is 0 Å². The number of hydrogen-bond acceptors (Lipinski definition) is 2. The number of nitrogens with zero attached hydrogens (tertiary/aromatic N) is 3. The number of rotatable bonds is 2. The minimum atomic E-state index is 0.675. The van der Waals surface area contributed by atoms with Crippen LogP contribution in [-0.2, 0) is 0 Å². The van der Waals surface area contributed by atoms with Gasteiger partial charge in [0, 0.05) is 5.39 Å². The Morgan fingerprint density at radius 2 is 1.59 bits per heavy atom. The predicted molar refractivity (Wildman–Crippen MR) is 109 cm³/mol. The van der Waals surface area contributed by atoms with Crippen LogP contribution in [0, 0.1) is 11.3 Å². The van der Waals surface area contributed by atoms with Crippen LogP contribution in [0.1, 0.15) is 5.56 Å². The van der Waals surface area contributed by atoms with Crippen molar-refractivity contribution in [3.05, 3.63) is 96.8 Å². The van der Waals surface area contributed by atoms with Crippen LogP contribution in [0.2, 0.25) is 0 Å². The molecule has 4 aromatic carbocycles. The van der Waals surface area contributed by atoms with Gasteiger partial charge in [-0.05, 0) is 52.9 Å². The Bertz CT molecular complexity index is 1320. The zero-order valence-corrected chi connectivity index (χ0v) is 14.5. The summed E-state index contributed by atoms with van der Waals surface area (Å²) in [5.41, 5.74) is 6.13. The summed E-state index contributed by atoms with van der Waals surface area (Å²) >= 11 is 0. The van der Waals surface area contributed by atoms with Crippen molar-refractivity contribution >= 4 is 21.8 Å². The predicted octanol–water partition coefficient (Wildman–Crippen LogP) is 5.72. The molecule has 0 amide bonds. The second kappa shape index (κ2) is 6.12. The van der Waals surface area contributed by atoms with Crippen LogP contribution in [0.25, 0.3) is 38.6 Å². The molecule has 3 heteroatoms. The summed E-state index contributed by atoms with van der Waals surface area (Å²) < 4.78 is 2.14. The number of imidazole rings is 1. The van der Waals surface area contributed by atoms with Gasteiger partial charge in [0.1, 0.15) is 6.33 Å². The van der Waals surface area contributed by atoms with Crippen LogP contribution in [0.4, 0.5) is 0 Å². The quantitative estimate of drug-likeness (QED) is 0.411. The molecule has 0 saturated heterocycles. The van der Waals surface area contributed by atoms with Crippen molar-refractivity contribution in [3.8, 4) is 22.9 Å². The second-order valence-electron chi connectivity index (χ2n) is 6.51. The zero-order valence-electron chi connectivity index (χ0n) is 14.5. The van der Waals surface area contributed by atoms with Gasteiger partial charge in [0.25, 0.3) is 0 Å². The lowest BCUT2D eigenvalue weighted by Gasteiger charge is -2.10. The van der Waals surface area contributed by atoms with Gasteiger partial charge >= 0.3 is 0 Å². The molecule has 5 aromatic rings. The normalized spacial score (nSPS) is 10.9. The first kappa shape index (κ1) is 15.4. The molecule has 3 nitrogen and oxygen atoms in total. The smallest absolute Gasteiger partial charge is 0.100 e. The maximum Gasteiger partial charge on any atom is 0.100 e. The van der Waals surface area contributed by atoms with Crippen molar-refractivity contribution in [2.24, 2.45) is 0 Å². The zero-order chi connectivity index (χ0) is 18.2. The summed E-state index contributed by atoms with van der Waals surface area (Å²) in [5, 5.41) is 11.3. The lowest BCUT2D eigenvalue weighted by atomic mass is 9.99. The fourth-order valence-electron chi connectivity index (χ4n) is 3.54. The average Bonchev–Trinajstić information content (AvgIpc) is 3.17. The first-order valence-corrected chi connectivity index (χ1v) is 8.79. The van der Waals surface area contributed by atoms with Gasteiger partial charge < -0.3 is 0 Å². The third-order valence-corrected chi connectivity index (χ3v) is 4.92.